The lowest BCUT2D eigenvalue weighted by atomic mass is 9.76. The van der Waals surface area contributed by atoms with Crippen molar-refractivity contribution in [2.24, 2.45) is 5.73 Å². The van der Waals surface area contributed by atoms with Crippen LogP contribution in [0.25, 0.3) is 0 Å². The highest BCUT2D eigenvalue weighted by atomic mass is 16.3. The second kappa shape index (κ2) is 7.16. The highest BCUT2D eigenvalue weighted by Gasteiger charge is 2.44. The first-order chi connectivity index (χ1) is 11.6. The molecule has 1 fully saturated rings. The highest BCUT2D eigenvalue weighted by Crippen LogP contribution is 2.39. The Morgan fingerprint density at radius 2 is 1.58 bits per heavy atom. The van der Waals surface area contributed by atoms with E-state index in [1.807, 2.05) is 65.6 Å². The Balaban J connectivity index is 2.08. The molecule has 0 aromatic heterocycles. The van der Waals surface area contributed by atoms with E-state index >= 15 is 0 Å². The quantitative estimate of drug-likeness (QED) is 0.886. The summed E-state index contributed by atoms with van der Waals surface area (Å²) in [6.45, 7) is 0.947. The molecule has 1 aliphatic heterocycles. The van der Waals surface area contributed by atoms with Crippen LogP contribution in [0.3, 0.4) is 0 Å². The monoisotopic (exact) mass is 324 g/mol. The van der Waals surface area contributed by atoms with Crippen molar-refractivity contribution < 1.29 is 9.90 Å². The van der Waals surface area contributed by atoms with Gasteiger partial charge < -0.3 is 10.8 Å². The van der Waals surface area contributed by atoms with Crippen molar-refractivity contribution in [2.45, 2.75) is 30.9 Å². The lowest BCUT2D eigenvalue weighted by molar-refractivity contribution is -0.122. The van der Waals surface area contributed by atoms with Gasteiger partial charge in [0.05, 0.1) is 6.54 Å². The predicted octanol–water partition coefficient (Wildman–Crippen LogP) is 2.26. The zero-order valence-corrected chi connectivity index (χ0v) is 13.8. The fourth-order valence-corrected chi connectivity index (χ4v) is 3.79. The number of likely N-dealkylation sites (tertiary alicyclic amines) is 1. The van der Waals surface area contributed by atoms with E-state index in [1.165, 1.54) is 0 Å². The summed E-state index contributed by atoms with van der Waals surface area (Å²) in [5, 5.41) is 11.9. The number of piperidine rings is 1. The van der Waals surface area contributed by atoms with E-state index in [-0.39, 0.29) is 18.5 Å². The number of carbonyl (C=O) groups is 1. The lowest BCUT2D eigenvalue weighted by Crippen LogP contribution is -2.55. The maximum absolute atomic E-state index is 11.9. The Morgan fingerprint density at radius 3 is 2.08 bits per heavy atom. The molecule has 0 aliphatic carbocycles. The molecule has 3 N–H and O–H groups in total. The number of nitrogens with two attached hydrogens (primary N) is 1. The molecule has 1 unspecified atom stereocenters. The third kappa shape index (κ3) is 3.21. The smallest absolute Gasteiger partial charge is 0.231 e. The van der Waals surface area contributed by atoms with Crippen LogP contribution in [0, 0.1) is 0 Å². The number of amides is 1. The van der Waals surface area contributed by atoms with Crippen LogP contribution in [0.2, 0.25) is 0 Å². The number of benzene rings is 2. The number of carbonyl (C=O) groups excluding carboxylic acids is 1. The van der Waals surface area contributed by atoms with Crippen LogP contribution in [0.5, 0.6) is 0 Å². The van der Waals surface area contributed by atoms with Crippen molar-refractivity contribution in [3.05, 3.63) is 71.8 Å². The predicted molar refractivity (Wildman–Crippen MR) is 94.3 cm³/mol. The van der Waals surface area contributed by atoms with Crippen molar-refractivity contribution in [1.29, 1.82) is 0 Å². The van der Waals surface area contributed by atoms with Crippen LogP contribution in [-0.4, -0.2) is 35.0 Å². The van der Waals surface area contributed by atoms with Gasteiger partial charge in [-0.25, -0.2) is 0 Å². The van der Waals surface area contributed by atoms with E-state index in [1.54, 1.807) is 0 Å². The summed E-state index contributed by atoms with van der Waals surface area (Å²) in [6, 6.07) is 19.2. The molecule has 0 radical (unpaired) electrons. The van der Waals surface area contributed by atoms with Gasteiger partial charge in [0.2, 0.25) is 5.91 Å². The van der Waals surface area contributed by atoms with Crippen LogP contribution in [-0.2, 0) is 10.4 Å². The van der Waals surface area contributed by atoms with Crippen molar-refractivity contribution in [3.63, 3.8) is 0 Å². The fourth-order valence-electron chi connectivity index (χ4n) is 3.79. The van der Waals surface area contributed by atoms with Gasteiger partial charge in [-0.05, 0) is 30.5 Å². The molecule has 4 heteroatoms. The van der Waals surface area contributed by atoms with Gasteiger partial charge in [0.15, 0.2) is 0 Å². The first kappa shape index (κ1) is 16.7. The lowest BCUT2D eigenvalue weighted by Gasteiger charge is -2.45. The van der Waals surface area contributed by atoms with Crippen LogP contribution in [0.4, 0.5) is 0 Å². The Labute approximate surface area is 142 Å². The molecule has 0 spiro atoms. The van der Waals surface area contributed by atoms with E-state index < -0.39 is 5.60 Å². The Bertz CT molecular complexity index is 633. The molecule has 0 bridgehead atoms. The molecule has 2 aromatic carbocycles. The van der Waals surface area contributed by atoms with Gasteiger partial charge in [0.25, 0.3) is 0 Å². The van der Waals surface area contributed by atoms with Gasteiger partial charge in [-0.1, -0.05) is 67.1 Å². The molecule has 0 saturated carbocycles. The summed E-state index contributed by atoms with van der Waals surface area (Å²) in [5.74, 6) is -0.356. The van der Waals surface area contributed by atoms with Crippen molar-refractivity contribution in [1.82, 2.24) is 4.90 Å². The van der Waals surface area contributed by atoms with Gasteiger partial charge in [0.1, 0.15) is 5.60 Å². The molecular weight excluding hydrogens is 300 g/mol. The standard InChI is InChI=1S/C20H24N2O2/c21-19(23)15-22-14-8-7-13-18(22)20(24,16-9-3-1-4-10-16)17-11-5-2-6-12-17/h1-6,9-12,18,24H,7-8,13-15H2,(H2,21,23). The Kier molecular flexibility index (Phi) is 4.97. The van der Waals surface area contributed by atoms with Crippen LogP contribution in [0.15, 0.2) is 60.7 Å². The van der Waals surface area contributed by atoms with E-state index in [4.69, 9.17) is 5.73 Å². The molecule has 4 nitrogen and oxygen atoms in total. The zero-order valence-electron chi connectivity index (χ0n) is 13.8. The summed E-state index contributed by atoms with van der Waals surface area (Å²) in [5.41, 5.74) is 5.97. The van der Waals surface area contributed by atoms with E-state index in [9.17, 15) is 9.90 Å². The second-order valence-corrected chi connectivity index (χ2v) is 6.45. The summed E-state index contributed by atoms with van der Waals surface area (Å²) in [7, 11) is 0. The van der Waals surface area contributed by atoms with Gasteiger partial charge in [0, 0.05) is 6.04 Å². The number of rotatable bonds is 5. The normalized spacial score (nSPS) is 19.1. The molecule has 1 atom stereocenters. The number of aliphatic hydroxyl groups is 1. The first-order valence-corrected chi connectivity index (χ1v) is 8.48. The first-order valence-electron chi connectivity index (χ1n) is 8.48. The molecule has 2 aromatic rings. The van der Waals surface area contributed by atoms with Crippen molar-refractivity contribution in [2.75, 3.05) is 13.1 Å². The van der Waals surface area contributed by atoms with Gasteiger partial charge in [-0.3, -0.25) is 9.69 Å². The SMILES string of the molecule is NC(=O)CN1CCCCC1C(O)(c1ccccc1)c1ccccc1. The average molecular weight is 324 g/mol. The molecule has 1 aliphatic rings. The molecule has 3 rings (SSSR count). The third-order valence-electron chi connectivity index (χ3n) is 4.88. The topological polar surface area (TPSA) is 66.6 Å². The number of primary amides is 1. The van der Waals surface area contributed by atoms with Crippen LogP contribution in [0.1, 0.15) is 30.4 Å². The van der Waals surface area contributed by atoms with Gasteiger partial charge >= 0.3 is 0 Å². The van der Waals surface area contributed by atoms with E-state index in [0.717, 1.165) is 36.9 Å². The van der Waals surface area contributed by atoms with E-state index in [0.29, 0.717) is 0 Å². The minimum atomic E-state index is -1.17. The molecule has 1 amide bonds. The minimum Gasteiger partial charge on any atom is -0.379 e. The number of nitrogens with zero attached hydrogens (tertiary/aromatic N) is 1. The minimum absolute atomic E-state index is 0.173. The molecule has 126 valence electrons. The Morgan fingerprint density at radius 1 is 1.04 bits per heavy atom. The summed E-state index contributed by atoms with van der Waals surface area (Å²) < 4.78 is 0. The average Bonchev–Trinajstić information content (AvgIpc) is 2.62. The number of hydrogen-bond acceptors (Lipinski definition) is 3. The third-order valence-corrected chi connectivity index (χ3v) is 4.88. The fraction of sp³-hybridized carbons (Fsp3) is 0.350. The van der Waals surface area contributed by atoms with Gasteiger partial charge in [-0.15, -0.1) is 0 Å². The van der Waals surface area contributed by atoms with Crippen molar-refractivity contribution in [3.8, 4) is 0 Å². The summed E-state index contributed by atoms with van der Waals surface area (Å²) in [4.78, 5) is 13.5. The summed E-state index contributed by atoms with van der Waals surface area (Å²) >= 11 is 0. The molecule has 24 heavy (non-hydrogen) atoms. The molecule has 1 heterocycles. The maximum Gasteiger partial charge on any atom is 0.231 e. The Hall–Kier alpha value is -2.17. The zero-order chi connectivity index (χ0) is 17.0. The second-order valence-electron chi connectivity index (χ2n) is 6.45. The molecular formula is C20H24N2O2. The maximum atomic E-state index is 11.9. The summed E-state index contributed by atoms with van der Waals surface area (Å²) in [6.07, 6.45) is 2.87. The van der Waals surface area contributed by atoms with Gasteiger partial charge in [-0.2, -0.15) is 0 Å². The van der Waals surface area contributed by atoms with E-state index in [2.05, 4.69) is 0 Å². The van der Waals surface area contributed by atoms with Crippen molar-refractivity contribution >= 4 is 5.91 Å². The number of hydrogen-bond donors (Lipinski definition) is 2. The molecule has 1 saturated heterocycles. The van der Waals surface area contributed by atoms with Crippen LogP contribution >= 0.6 is 0 Å². The highest BCUT2D eigenvalue weighted by molar-refractivity contribution is 5.76. The largest absolute Gasteiger partial charge is 0.379 e. The van der Waals surface area contributed by atoms with Crippen LogP contribution < -0.4 is 5.73 Å².